The normalized spacial score (nSPS) is 12.4. The van der Waals surface area contributed by atoms with Gasteiger partial charge in [-0.25, -0.2) is 0 Å². The van der Waals surface area contributed by atoms with Crippen LogP contribution in [-0.2, 0) is 12.8 Å². The first-order chi connectivity index (χ1) is 8.70. The Kier molecular flexibility index (Phi) is 4.80. The highest BCUT2D eigenvalue weighted by atomic mass is 79.9. The fourth-order valence-electron chi connectivity index (χ4n) is 1.88. The lowest BCUT2D eigenvalue weighted by molar-refractivity contribution is 0.175. The summed E-state index contributed by atoms with van der Waals surface area (Å²) in [5.41, 5.74) is 1.04. The molecule has 18 heavy (non-hydrogen) atoms. The minimum Gasteiger partial charge on any atom is -0.496 e. The van der Waals surface area contributed by atoms with Gasteiger partial charge in [0.05, 0.1) is 13.2 Å². The van der Waals surface area contributed by atoms with Crippen molar-refractivity contribution in [2.45, 2.75) is 18.9 Å². The third-order valence-electron chi connectivity index (χ3n) is 2.76. The van der Waals surface area contributed by atoms with Gasteiger partial charge in [0.1, 0.15) is 5.75 Å². The molecule has 96 valence electrons. The fraction of sp³-hybridized carbons (Fsp3) is 0.286. The highest BCUT2D eigenvalue weighted by Crippen LogP contribution is 2.26. The summed E-state index contributed by atoms with van der Waals surface area (Å²) in [7, 11) is 1.65. The summed E-state index contributed by atoms with van der Waals surface area (Å²) in [6.45, 7) is 0. The number of aliphatic hydroxyl groups excluding tert-OH is 1. The van der Waals surface area contributed by atoms with Crippen LogP contribution in [0.15, 0.2) is 40.2 Å². The second kappa shape index (κ2) is 6.36. The van der Waals surface area contributed by atoms with Gasteiger partial charge in [-0.1, -0.05) is 18.2 Å². The summed E-state index contributed by atoms with van der Waals surface area (Å²) >= 11 is 5.14. The van der Waals surface area contributed by atoms with Crippen molar-refractivity contribution in [3.05, 3.63) is 50.6 Å². The van der Waals surface area contributed by atoms with E-state index in [0.29, 0.717) is 12.8 Å². The van der Waals surface area contributed by atoms with Crippen LogP contribution in [0.3, 0.4) is 0 Å². The summed E-state index contributed by atoms with van der Waals surface area (Å²) < 4.78 is 6.36. The predicted molar refractivity (Wildman–Crippen MR) is 78.4 cm³/mol. The van der Waals surface area contributed by atoms with Crippen molar-refractivity contribution in [3.8, 4) is 5.75 Å². The van der Waals surface area contributed by atoms with Gasteiger partial charge >= 0.3 is 0 Å². The Morgan fingerprint density at radius 1 is 1.28 bits per heavy atom. The van der Waals surface area contributed by atoms with Gasteiger partial charge in [-0.2, -0.15) is 0 Å². The molecule has 0 radical (unpaired) electrons. The molecule has 1 unspecified atom stereocenters. The molecule has 0 aliphatic rings. The van der Waals surface area contributed by atoms with E-state index in [9.17, 15) is 5.11 Å². The number of thiophene rings is 1. The zero-order valence-corrected chi connectivity index (χ0v) is 12.5. The van der Waals surface area contributed by atoms with Gasteiger partial charge in [0.2, 0.25) is 0 Å². The van der Waals surface area contributed by atoms with Crippen LogP contribution in [0.2, 0.25) is 0 Å². The molecule has 1 aromatic heterocycles. The third-order valence-corrected chi connectivity index (χ3v) is 4.71. The molecular formula is C14H15BrO2S. The monoisotopic (exact) mass is 326 g/mol. The first kappa shape index (κ1) is 13.6. The minimum absolute atomic E-state index is 0.392. The number of hydrogen-bond donors (Lipinski definition) is 1. The van der Waals surface area contributed by atoms with E-state index >= 15 is 0 Å². The zero-order valence-electron chi connectivity index (χ0n) is 10.1. The van der Waals surface area contributed by atoms with E-state index in [0.717, 1.165) is 15.8 Å². The molecule has 4 heteroatoms. The largest absolute Gasteiger partial charge is 0.496 e. The molecule has 0 bridgehead atoms. The number of aliphatic hydroxyl groups is 1. The summed E-state index contributed by atoms with van der Waals surface area (Å²) in [4.78, 5) is 1.18. The van der Waals surface area contributed by atoms with Crippen molar-refractivity contribution in [1.82, 2.24) is 0 Å². The van der Waals surface area contributed by atoms with Crippen LogP contribution in [0, 0.1) is 0 Å². The number of ether oxygens (including phenoxy) is 1. The molecule has 0 fully saturated rings. The van der Waals surface area contributed by atoms with E-state index in [1.54, 1.807) is 18.4 Å². The molecular weight excluding hydrogens is 312 g/mol. The Hall–Kier alpha value is -0.840. The molecule has 2 rings (SSSR count). The molecule has 0 aliphatic heterocycles. The van der Waals surface area contributed by atoms with Gasteiger partial charge in [0.25, 0.3) is 0 Å². The van der Waals surface area contributed by atoms with Crippen LogP contribution >= 0.6 is 27.3 Å². The molecule has 1 atom stereocenters. The maximum Gasteiger partial charge on any atom is 0.122 e. The van der Waals surface area contributed by atoms with Gasteiger partial charge in [0, 0.05) is 22.2 Å². The van der Waals surface area contributed by atoms with Crippen LogP contribution in [0.5, 0.6) is 5.75 Å². The molecule has 1 aromatic carbocycles. The molecule has 0 spiro atoms. The number of para-hydroxylation sites is 1. The van der Waals surface area contributed by atoms with E-state index in [4.69, 9.17) is 4.74 Å². The topological polar surface area (TPSA) is 29.5 Å². The van der Waals surface area contributed by atoms with Gasteiger partial charge in [-0.15, -0.1) is 11.3 Å². The van der Waals surface area contributed by atoms with E-state index in [1.807, 2.05) is 35.7 Å². The van der Waals surface area contributed by atoms with Gasteiger partial charge in [-0.05, 0) is 39.0 Å². The molecule has 1 N–H and O–H groups in total. The van der Waals surface area contributed by atoms with Crippen molar-refractivity contribution in [1.29, 1.82) is 0 Å². The quantitative estimate of drug-likeness (QED) is 0.908. The van der Waals surface area contributed by atoms with Crippen molar-refractivity contribution >= 4 is 27.3 Å². The number of rotatable bonds is 5. The standard InChI is InChI=1S/C14H15BrO2S/c1-17-13-5-3-2-4-10(13)8-11(16)9-14-12(15)6-7-18-14/h2-7,11,16H,8-9H2,1H3. The third kappa shape index (κ3) is 3.34. The number of methoxy groups -OCH3 is 1. The fourth-order valence-corrected chi connectivity index (χ4v) is 3.47. The lowest BCUT2D eigenvalue weighted by Gasteiger charge is -2.12. The Bertz CT molecular complexity index is 510. The SMILES string of the molecule is COc1ccccc1CC(O)Cc1sccc1Br. The van der Waals surface area contributed by atoms with Gasteiger partial charge < -0.3 is 9.84 Å². The lowest BCUT2D eigenvalue weighted by atomic mass is 10.0. The Labute approximate surface area is 119 Å². The average molecular weight is 327 g/mol. The number of benzene rings is 1. The molecule has 0 saturated heterocycles. The van der Waals surface area contributed by atoms with Crippen LogP contribution in [0.1, 0.15) is 10.4 Å². The Morgan fingerprint density at radius 2 is 2.06 bits per heavy atom. The highest BCUT2D eigenvalue weighted by Gasteiger charge is 2.12. The first-order valence-electron chi connectivity index (χ1n) is 5.72. The number of hydrogen-bond acceptors (Lipinski definition) is 3. The smallest absolute Gasteiger partial charge is 0.122 e. The second-order valence-electron chi connectivity index (χ2n) is 4.07. The van der Waals surface area contributed by atoms with E-state index in [1.165, 1.54) is 4.88 Å². The number of halogens is 1. The van der Waals surface area contributed by atoms with E-state index in [-0.39, 0.29) is 0 Å². The van der Waals surface area contributed by atoms with Gasteiger partial charge in [0.15, 0.2) is 0 Å². The molecule has 0 amide bonds. The summed E-state index contributed by atoms with van der Waals surface area (Å²) in [6.07, 6.45) is 0.876. The van der Waals surface area contributed by atoms with E-state index in [2.05, 4.69) is 15.9 Å². The molecule has 2 nitrogen and oxygen atoms in total. The summed E-state index contributed by atoms with van der Waals surface area (Å²) in [5, 5.41) is 12.2. The molecule has 0 saturated carbocycles. The van der Waals surface area contributed by atoms with Crippen molar-refractivity contribution in [2.75, 3.05) is 7.11 Å². The Morgan fingerprint density at radius 3 is 2.72 bits per heavy atom. The van der Waals surface area contributed by atoms with E-state index < -0.39 is 6.10 Å². The molecule has 1 heterocycles. The maximum atomic E-state index is 10.1. The van der Waals surface area contributed by atoms with Crippen molar-refractivity contribution < 1.29 is 9.84 Å². The predicted octanol–water partition coefficient (Wildman–Crippen LogP) is 3.67. The maximum absolute atomic E-state index is 10.1. The molecule has 0 aliphatic carbocycles. The average Bonchev–Trinajstić information content (AvgIpc) is 2.75. The summed E-state index contributed by atoms with van der Waals surface area (Å²) in [5.74, 6) is 0.835. The van der Waals surface area contributed by atoms with Crippen molar-refractivity contribution in [3.63, 3.8) is 0 Å². The first-order valence-corrected chi connectivity index (χ1v) is 7.39. The van der Waals surface area contributed by atoms with Crippen LogP contribution in [-0.4, -0.2) is 18.3 Å². The lowest BCUT2D eigenvalue weighted by Crippen LogP contribution is -2.14. The second-order valence-corrected chi connectivity index (χ2v) is 5.92. The summed E-state index contributed by atoms with van der Waals surface area (Å²) in [6, 6.07) is 9.82. The Balaban J connectivity index is 2.03. The minimum atomic E-state index is -0.392. The zero-order chi connectivity index (χ0) is 13.0. The van der Waals surface area contributed by atoms with Crippen LogP contribution < -0.4 is 4.74 Å². The van der Waals surface area contributed by atoms with Crippen molar-refractivity contribution in [2.24, 2.45) is 0 Å². The van der Waals surface area contributed by atoms with Gasteiger partial charge in [-0.3, -0.25) is 0 Å². The van der Waals surface area contributed by atoms with Crippen LogP contribution in [0.4, 0.5) is 0 Å². The van der Waals surface area contributed by atoms with Crippen LogP contribution in [0.25, 0.3) is 0 Å². The molecule has 2 aromatic rings. The highest BCUT2D eigenvalue weighted by molar-refractivity contribution is 9.10.